The number of hydrogen-bond donors (Lipinski definition) is 1. The molecule has 4 aromatic rings. The van der Waals surface area contributed by atoms with E-state index in [-0.39, 0.29) is 0 Å². The predicted molar refractivity (Wildman–Crippen MR) is 100.0 cm³/mol. The fourth-order valence-corrected chi connectivity index (χ4v) is 3.88. The van der Waals surface area contributed by atoms with Crippen molar-refractivity contribution in [3.05, 3.63) is 35.0 Å². The van der Waals surface area contributed by atoms with Crippen LogP contribution >= 0.6 is 15.9 Å². The maximum atomic E-state index is 4.83. The van der Waals surface area contributed by atoms with Crippen LogP contribution in [0.3, 0.4) is 0 Å². The highest BCUT2D eigenvalue weighted by molar-refractivity contribution is 9.10. The molecular formula is C17H16BrN7. The molecule has 1 aliphatic rings. The van der Waals surface area contributed by atoms with E-state index in [4.69, 9.17) is 4.98 Å². The fraction of sp³-hybridized carbons (Fsp3) is 0.294. The topological polar surface area (TPSA) is 73.5 Å². The largest absolute Gasteiger partial charge is 0.339 e. The average molecular weight is 398 g/mol. The van der Waals surface area contributed by atoms with Gasteiger partial charge in [-0.2, -0.15) is 5.10 Å². The van der Waals surface area contributed by atoms with Crippen molar-refractivity contribution < 1.29 is 0 Å². The molecule has 1 N–H and O–H groups in total. The van der Waals surface area contributed by atoms with Crippen molar-refractivity contribution in [2.75, 3.05) is 5.32 Å². The molecule has 8 heteroatoms. The van der Waals surface area contributed by atoms with E-state index in [9.17, 15) is 0 Å². The minimum Gasteiger partial charge on any atom is -0.339 e. The fourth-order valence-electron chi connectivity index (χ4n) is 3.28. The highest BCUT2D eigenvalue weighted by Crippen LogP contribution is 2.40. The van der Waals surface area contributed by atoms with Gasteiger partial charge in [-0.3, -0.25) is 0 Å². The van der Waals surface area contributed by atoms with E-state index in [2.05, 4.69) is 66.1 Å². The van der Waals surface area contributed by atoms with Gasteiger partial charge in [0, 0.05) is 25.7 Å². The Bertz CT molecular complexity index is 1120. The first-order valence-electron chi connectivity index (χ1n) is 8.18. The lowest BCUT2D eigenvalue weighted by atomic mass is 10.2. The van der Waals surface area contributed by atoms with E-state index in [0.29, 0.717) is 5.92 Å². The van der Waals surface area contributed by atoms with Gasteiger partial charge in [0.15, 0.2) is 5.65 Å². The predicted octanol–water partition coefficient (Wildman–Crippen LogP) is 3.63. The van der Waals surface area contributed by atoms with Crippen molar-refractivity contribution in [2.45, 2.75) is 18.8 Å². The lowest BCUT2D eigenvalue weighted by molar-refractivity contribution is 0.777. The summed E-state index contributed by atoms with van der Waals surface area (Å²) in [5, 5.41) is 8.61. The first kappa shape index (κ1) is 14.8. The number of nitrogens with zero attached hydrogens (tertiary/aromatic N) is 6. The number of benzene rings is 1. The molecular weight excluding hydrogens is 382 g/mol. The monoisotopic (exact) mass is 397 g/mol. The Balaban J connectivity index is 1.58. The number of fused-ring (bicyclic) bond motifs is 2. The summed E-state index contributed by atoms with van der Waals surface area (Å²) in [5.41, 5.74) is 3.89. The summed E-state index contributed by atoms with van der Waals surface area (Å²) < 4.78 is 4.66. The van der Waals surface area contributed by atoms with Gasteiger partial charge >= 0.3 is 0 Å². The molecule has 0 radical (unpaired) electrons. The van der Waals surface area contributed by atoms with E-state index >= 15 is 0 Å². The van der Waals surface area contributed by atoms with Crippen LogP contribution in [0, 0.1) is 0 Å². The maximum Gasteiger partial charge on any atom is 0.164 e. The van der Waals surface area contributed by atoms with Crippen LogP contribution in [0.5, 0.6) is 0 Å². The van der Waals surface area contributed by atoms with E-state index in [1.165, 1.54) is 18.7 Å². The smallest absolute Gasteiger partial charge is 0.164 e. The minimum absolute atomic E-state index is 0.627. The average Bonchev–Trinajstić information content (AvgIpc) is 3.33. The van der Waals surface area contributed by atoms with E-state index in [0.717, 1.165) is 38.2 Å². The first-order valence-corrected chi connectivity index (χ1v) is 8.97. The molecule has 0 aliphatic heterocycles. The van der Waals surface area contributed by atoms with Crippen LogP contribution in [0.1, 0.15) is 24.6 Å². The molecule has 0 saturated heterocycles. The van der Waals surface area contributed by atoms with E-state index in [1.807, 2.05) is 7.05 Å². The Kier molecular flexibility index (Phi) is 3.12. The van der Waals surface area contributed by atoms with Gasteiger partial charge in [-0.25, -0.2) is 19.6 Å². The number of rotatable bonds is 3. The summed E-state index contributed by atoms with van der Waals surface area (Å²) in [6, 6.07) is 6.23. The normalized spacial score (nSPS) is 14.5. The molecule has 7 nitrogen and oxygen atoms in total. The summed E-state index contributed by atoms with van der Waals surface area (Å²) in [7, 11) is 3.96. The van der Waals surface area contributed by atoms with Crippen molar-refractivity contribution in [1.29, 1.82) is 0 Å². The van der Waals surface area contributed by atoms with Crippen LogP contribution in [0.4, 0.5) is 11.5 Å². The SMILES string of the molecule is Cn1nc(Br)c2c(Nc3ccc4c(c3)nc(C3CC3)n4C)ncnc21. The van der Waals surface area contributed by atoms with Gasteiger partial charge in [-0.1, -0.05) is 0 Å². The third kappa shape index (κ3) is 2.31. The number of nitrogens with one attached hydrogen (secondary N) is 1. The van der Waals surface area contributed by atoms with Crippen molar-refractivity contribution in [2.24, 2.45) is 14.1 Å². The van der Waals surface area contributed by atoms with Crippen molar-refractivity contribution in [1.82, 2.24) is 29.3 Å². The van der Waals surface area contributed by atoms with Gasteiger partial charge in [0.2, 0.25) is 0 Å². The van der Waals surface area contributed by atoms with E-state index in [1.54, 1.807) is 11.0 Å². The second-order valence-electron chi connectivity index (χ2n) is 6.47. The Morgan fingerprint density at radius 3 is 2.84 bits per heavy atom. The quantitative estimate of drug-likeness (QED) is 0.571. The Morgan fingerprint density at radius 2 is 2.04 bits per heavy atom. The zero-order valence-corrected chi connectivity index (χ0v) is 15.4. The number of aromatic nitrogens is 6. The third-order valence-corrected chi connectivity index (χ3v) is 5.25. The number of anilines is 2. The molecule has 0 unspecified atom stereocenters. The molecule has 3 heterocycles. The summed E-state index contributed by atoms with van der Waals surface area (Å²) >= 11 is 3.49. The summed E-state index contributed by atoms with van der Waals surface area (Å²) in [5.74, 6) is 2.54. The zero-order valence-electron chi connectivity index (χ0n) is 13.9. The van der Waals surface area contributed by atoms with Gasteiger partial charge in [0.25, 0.3) is 0 Å². The van der Waals surface area contributed by atoms with Crippen molar-refractivity contribution in [3.8, 4) is 0 Å². The molecule has 25 heavy (non-hydrogen) atoms. The minimum atomic E-state index is 0.627. The van der Waals surface area contributed by atoms with Gasteiger partial charge in [0.1, 0.15) is 22.6 Å². The maximum absolute atomic E-state index is 4.83. The first-order chi connectivity index (χ1) is 12.1. The number of imidazole rings is 1. The molecule has 3 aromatic heterocycles. The molecule has 1 fully saturated rings. The Labute approximate surface area is 152 Å². The summed E-state index contributed by atoms with van der Waals surface area (Å²) in [6.45, 7) is 0. The molecule has 0 spiro atoms. The van der Waals surface area contributed by atoms with Crippen LogP contribution in [0.25, 0.3) is 22.1 Å². The molecule has 0 bridgehead atoms. The lowest BCUT2D eigenvalue weighted by Gasteiger charge is -2.07. The van der Waals surface area contributed by atoms with Gasteiger partial charge < -0.3 is 9.88 Å². The highest BCUT2D eigenvalue weighted by atomic mass is 79.9. The number of hydrogen-bond acceptors (Lipinski definition) is 5. The molecule has 5 rings (SSSR count). The summed E-state index contributed by atoms with van der Waals surface area (Å²) in [4.78, 5) is 13.5. The second kappa shape index (κ2) is 5.26. The molecule has 1 aromatic carbocycles. The van der Waals surface area contributed by atoms with Crippen LogP contribution in [0.2, 0.25) is 0 Å². The number of aryl methyl sites for hydroxylation is 2. The molecule has 1 saturated carbocycles. The van der Waals surface area contributed by atoms with Crippen molar-refractivity contribution in [3.63, 3.8) is 0 Å². The molecule has 126 valence electrons. The second-order valence-corrected chi connectivity index (χ2v) is 7.22. The van der Waals surface area contributed by atoms with Gasteiger partial charge in [-0.15, -0.1) is 0 Å². The summed E-state index contributed by atoms with van der Waals surface area (Å²) in [6.07, 6.45) is 4.04. The van der Waals surface area contributed by atoms with Crippen LogP contribution < -0.4 is 5.32 Å². The molecule has 1 aliphatic carbocycles. The zero-order chi connectivity index (χ0) is 17.1. The Hall–Kier alpha value is -2.48. The van der Waals surface area contributed by atoms with Crippen LogP contribution in [-0.4, -0.2) is 29.3 Å². The standard InChI is InChI=1S/C17H16BrN7/c1-24-12-6-5-10(7-11(12)22-16(24)9-3-4-9)21-15-13-14(18)23-25(2)17(13)20-8-19-15/h5-9H,3-4H2,1-2H3,(H,19,20,21). The van der Waals surface area contributed by atoms with Crippen LogP contribution in [-0.2, 0) is 14.1 Å². The highest BCUT2D eigenvalue weighted by Gasteiger charge is 2.28. The molecule has 0 amide bonds. The van der Waals surface area contributed by atoms with Gasteiger partial charge in [-0.05, 0) is 47.0 Å². The molecule has 0 atom stereocenters. The van der Waals surface area contributed by atoms with Gasteiger partial charge in [0.05, 0.1) is 16.4 Å². The van der Waals surface area contributed by atoms with Crippen LogP contribution in [0.15, 0.2) is 29.1 Å². The third-order valence-electron chi connectivity index (χ3n) is 4.70. The Morgan fingerprint density at radius 1 is 1.20 bits per heavy atom. The number of halogens is 1. The van der Waals surface area contributed by atoms with E-state index < -0.39 is 0 Å². The van der Waals surface area contributed by atoms with Crippen molar-refractivity contribution >= 4 is 49.5 Å². The lowest BCUT2D eigenvalue weighted by Crippen LogP contribution is -1.97.